The Labute approximate surface area is 122 Å². The first-order valence-electron chi connectivity index (χ1n) is 6.10. The quantitative estimate of drug-likeness (QED) is 0.832. The molecular weight excluding hydrogens is 283 g/mol. The van der Waals surface area contributed by atoms with Gasteiger partial charge in [-0.1, -0.05) is 43.1 Å². The Morgan fingerprint density at radius 3 is 2.53 bits per heavy atom. The SMILES string of the molecule is CCCCN(c1ccccc1)c1nc(Cl)nnc1Cl. The Morgan fingerprint density at radius 2 is 1.84 bits per heavy atom. The van der Waals surface area contributed by atoms with E-state index in [2.05, 4.69) is 22.1 Å². The minimum Gasteiger partial charge on any atom is -0.324 e. The van der Waals surface area contributed by atoms with Crippen molar-refractivity contribution in [1.82, 2.24) is 15.2 Å². The number of para-hydroxylation sites is 1. The zero-order chi connectivity index (χ0) is 13.7. The Hall–Kier alpha value is -1.39. The van der Waals surface area contributed by atoms with Crippen LogP contribution in [0.4, 0.5) is 11.5 Å². The summed E-state index contributed by atoms with van der Waals surface area (Å²) in [4.78, 5) is 6.19. The Bertz CT molecular complexity index is 533. The highest BCUT2D eigenvalue weighted by Gasteiger charge is 2.16. The number of hydrogen-bond acceptors (Lipinski definition) is 4. The average molecular weight is 297 g/mol. The van der Waals surface area contributed by atoms with Crippen LogP contribution in [-0.4, -0.2) is 21.7 Å². The zero-order valence-corrected chi connectivity index (χ0v) is 12.1. The number of unbranched alkanes of at least 4 members (excludes halogenated alkanes) is 1. The highest BCUT2D eigenvalue weighted by atomic mass is 35.5. The molecule has 0 fully saturated rings. The van der Waals surface area contributed by atoms with Crippen molar-refractivity contribution >= 4 is 34.7 Å². The third-order valence-corrected chi connectivity index (χ3v) is 3.07. The third kappa shape index (κ3) is 3.55. The van der Waals surface area contributed by atoms with E-state index in [1.165, 1.54) is 0 Å². The smallest absolute Gasteiger partial charge is 0.245 e. The summed E-state index contributed by atoms with van der Waals surface area (Å²) in [7, 11) is 0. The molecule has 1 heterocycles. The second-order valence-corrected chi connectivity index (χ2v) is 4.73. The molecule has 0 aliphatic heterocycles. The van der Waals surface area contributed by atoms with Gasteiger partial charge in [-0.15, -0.1) is 10.2 Å². The van der Waals surface area contributed by atoms with Gasteiger partial charge in [0, 0.05) is 12.2 Å². The van der Waals surface area contributed by atoms with Gasteiger partial charge in [0.15, 0.2) is 11.0 Å². The lowest BCUT2D eigenvalue weighted by molar-refractivity contribution is 0.774. The number of rotatable bonds is 5. The second kappa shape index (κ2) is 6.68. The molecule has 0 aliphatic carbocycles. The fraction of sp³-hybridized carbons (Fsp3) is 0.308. The van der Waals surface area contributed by atoms with E-state index in [0.29, 0.717) is 5.82 Å². The molecule has 1 aromatic carbocycles. The van der Waals surface area contributed by atoms with Gasteiger partial charge in [-0.3, -0.25) is 0 Å². The molecule has 0 amide bonds. The van der Waals surface area contributed by atoms with Crippen molar-refractivity contribution in [2.45, 2.75) is 19.8 Å². The maximum absolute atomic E-state index is 6.08. The first kappa shape index (κ1) is 14.0. The minimum atomic E-state index is 0.0943. The van der Waals surface area contributed by atoms with E-state index in [0.717, 1.165) is 25.1 Å². The Morgan fingerprint density at radius 1 is 1.11 bits per heavy atom. The van der Waals surface area contributed by atoms with Gasteiger partial charge in [-0.05, 0) is 30.2 Å². The van der Waals surface area contributed by atoms with Crippen LogP contribution >= 0.6 is 23.2 Å². The lowest BCUT2D eigenvalue weighted by atomic mass is 10.2. The second-order valence-electron chi connectivity index (χ2n) is 4.04. The van der Waals surface area contributed by atoms with Crippen LogP contribution in [0.25, 0.3) is 0 Å². The molecule has 0 spiro atoms. The van der Waals surface area contributed by atoms with Gasteiger partial charge in [0.2, 0.25) is 5.28 Å². The molecule has 1 aromatic heterocycles. The molecule has 100 valence electrons. The predicted octanol–water partition coefficient (Wildman–Crippen LogP) is 4.12. The van der Waals surface area contributed by atoms with Crippen LogP contribution in [0.1, 0.15) is 19.8 Å². The van der Waals surface area contributed by atoms with Gasteiger partial charge in [-0.25, -0.2) is 0 Å². The number of benzene rings is 1. The predicted molar refractivity (Wildman–Crippen MR) is 78.2 cm³/mol. The van der Waals surface area contributed by atoms with Crippen molar-refractivity contribution in [2.24, 2.45) is 0 Å². The van der Waals surface area contributed by atoms with Crippen molar-refractivity contribution in [3.63, 3.8) is 0 Å². The summed E-state index contributed by atoms with van der Waals surface area (Å²) in [5, 5.41) is 7.80. The van der Waals surface area contributed by atoms with Crippen molar-refractivity contribution in [2.75, 3.05) is 11.4 Å². The van der Waals surface area contributed by atoms with Crippen LogP contribution in [0.3, 0.4) is 0 Å². The molecule has 4 nitrogen and oxygen atoms in total. The summed E-state index contributed by atoms with van der Waals surface area (Å²) in [6.07, 6.45) is 2.10. The standard InChI is InChI=1S/C13H14Cl2N4/c1-2-3-9-19(10-7-5-4-6-8-10)12-11(14)17-18-13(15)16-12/h4-8H,2-3,9H2,1H3. The largest absolute Gasteiger partial charge is 0.324 e. The minimum absolute atomic E-state index is 0.0943. The maximum atomic E-state index is 6.08. The van der Waals surface area contributed by atoms with Crippen molar-refractivity contribution in [1.29, 1.82) is 0 Å². The van der Waals surface area contributed by atoms with Crippen molar-refractivity contribution in [3.8, 4) is 0 Å². The monoisotopic (exact) mass is 296 g/mol. The molecule has 19 heavy (non-hydrogen) atoms. The van der Waals surface area contributed by atoms with Crippen LogP contribution in [0.15, 0.2) is 30.3 Å². The third-order valence-electron chi connectivity index (χ3n) is 2.66. The molecule has 0 saturated carbocycles. The molecule has 0 N–H and O–H groups in total. The van der Waals surface area contributed by atoms with Gasteiger partial charge in [0.05, 0.1) is 0 Å². The fourth-order valence-corrected chi connectivity index (χ4v) is 2.04. The molecule has 0 saturated heterocycles. The zero-order valence-electron chi connectivity index (χ0n) is 10.6. The van der Waals surface area contributed by atoms with Gasteiger partial charge in [-0.2, -0.15) is 4.98 Å². The molecule has 0 radical (unpaired) electrons. The number of halogens is 2. The van der Waals surface area contributed by atoms with E-state index in [4.69, 9.17) is 23.2 Å². The lowest BCUT2D eigenvalue weighted by Gasteiger charge is -2.23. The molecule has 2 rings (SSSR count). The normalized spacial score (nSPS) is 10.5. The van der Waals surface area contributed by atoms with E-state index in [9.17, 15) is 0 Å². The molecule has 0 unspecified atom stereocenters. The molecule has 0 bridgehead atoms. The summed E-state index contributed by atoms with van der Waals surface area (Å²) in [6, 6.07) is 9.91. The van der Waals surface area contributed by atoms with Crippen LogP contribution in [0.5, 0.6) is 0 Å². The van der Waals surface area contributed by atoms with Crippen molar-refractivity contribution < 1.29 is 0 Å². The fourth-order valence-electron chi connectivity index (χ4n) is 1.74. The van der Waals surface area contributed by atoms with Crippen molar-refractivity contribution in [3.05, 3.63) is 40.8 Å². The summed E-state index contributed by atoms with van der Waals surface area (Å²) < 4.78 is 0. The topological polar surface area (TPSA) is 41.9 Å². The molecule has 0 aliphatic rings. The Kier molecular flexibility index (Phi) is 4.93. The van der Waals surface area contributed by atoms with E-state index >= 15 is 0 Å². The van der Waals surface area contributed by atoms with Crippen LogP contribution in [0.2, 0.25) is 10.4 Å². The summed E-state index contributed by atoms with van der Waals surface area (Å²) in [6.45, 7) is 2.94. The van der Waals surface area contributed by atoms with E-state index in [1.54, 1.807) is 0 Å². The van der Waals surface area contributed by atoms with E-state index in [1.807, 2.05) is 35.2 Å². The molecule has 6 heteroatoms. The number of aromatic nitrogens is 3. The maximum Gasteiger partial charge on any atom is 0.245 e. The first-order valence-corrected chi connectivity index (χ1v) is 6.86. The summed E-state index contributed by atoms with van der Waals surface area (Å²) in [5.41, 5.74) is 1.01. The van der Waals surface area contributed by atoms with Crippen LogP contribution in [-0.2, 0) is 0 Å². The lowest BCUT2D eigenvalue weighted by Crippen LogP contribution is -2.20. The first-order chi connectivity index (χ1) is 9.22. The number of anilines is 2. The number of nitrogens with zero attached hydrogens (tertiary/aromatic N) is 4. The van der Waals surface area contributed by atoms with Gasteiger partial charge >= 0.3 is 0 Å². The van der Waals surface area contributed by atoms with Gasteiger partial charge in [0.1, 0.15) is 0 Å². The molecule has 2 aromatic rings. The highest BCUT2D eigenvalue weighted by molar-refractivity contribution is 6.32. The van der Waals surface area contributed by atoms with Crippen LogP contribution in [0, 0.1) is 0 Å². The highest BCUT2D eigenvalue weighted by Crippen LogP contribution is 2.29. The average Bonchev–Trinajstić information content (AvgIpc) is 2.44. The summed E-state index contributed by atoms with van der Waals surface area (Å²) >= 11 is 11.9. The van der Waals surface area contributed by atoms with E-state index < -0.39 is 0 Å². The van der Waals surface area contributed by atoms with E-state index in [-0.39, 0.29) is 10.4 Å². The Balaban J connectivity index is 2.40. The van der Waals surface area contributed by atoms with Gasteiger partial charge in [0.25, 0.3) is 0 Å². The summed E-state index contributed by atoms with van der Waals surface area (Å²) in [5.74, 6) is 0.543. The van der Waals surface area contributed by atoms with Crippen LogP contribution < -0.4 is 4.90 Å². The molecular formula is C13H14Cl2N4. The molecule has 0 atom stereocenters. The number of hydrogen-bond donors (Lipinski definition) is 0. The van der Waals surface area contributed by atoms with Gasteiger partial charge < -0.3 is 4.90 Å².